The summed E-state index contributed by atoms with van der Waals surface area (Å²) in [4.78, 5) is 20.7. The molecule has 2 amide bonds. The van der Waals surface area contributed by atoms with Gasteiger partial charge in [0.25, 0.3) is 0 Å². The van der Waals surface area contributed by atoms with E-state index in [9.17, 15) is 22.8 Å². The number of nitrogens with one attached hydrogen (secondary N) is 2. The Labute approximate surface area is 88.8 Å². The van der Waals surface area contributed by atoms with Gasteiger partial charge in [0.1, 0.15) is 13.2 Å². The first kappa shape index (κ1) is 14.5. The highest BCUT2D eigenvalue weighted by atomic mass is 19.4. The third-order valence-corrected chi connectivity index (χ3v) is 1.20. The summed E-state index contributed by atoms with van der Waals surface area (Å²) in [6.07, 6.45) is -4.40. The number of halogens is 3. The van der Waals surface area contributed by atoms with Crippen LogP contribution in [0.4, 0.5) is 18.0 Å². The number of carbonyl (C=O) groups excluding carboxylic acids is 1. The number of hydrogen-bond acceptors (Lipinski definition) is 3. The second kappa shape index (κ2) is 6.88. The Balaban J connectivity index is 3.38. The lowest BCUT2D eigenvalue weighted by Gasteiger charge is -2.08. The Morgan fingerprint density at radius 3 is 2.38 bits per heavy atom. The SMILES string of the molecule is O=C(O)CNC(=O)NCCOCC(F)(F)F. The van der Waals surface area contributed by atoms with E-state index >= 15 is 0 Å². The molecule has 0 rings (SSSR count). The zero-order valence-electron chi connectivity index (χ0n) is 8.13. The van der Waals surface area contributed by atoms with Crippen LogP contribution in [-0.4, -0.2) is 49.6 Å². The predicted octanol–water partition coefficient (Wildman–Crippen LogP) is -0.0509. The zero-order valence-corrected chi connectivity index (χ0v) is 8.13. The lowest BCUT2D eigenvalue weighted by atomic mass is 10.6. The molecule has 9 heteroatoms. The molecule has 0 atom stereocenters. The van der Waals surface area contributed by atoms with Crippen molar-refractivity contribution in [2.24, 2.45) is 0 Å². The minimum absolute atomic E-state index is 0.137. The summed E-state index contributed by atoms with van der Waals surface area (Å²) in [7, 11) is 0. The monoisotopic (exact) mass is 244 g/mol. The van der Waals surface area contributed by atoms with Gasteiger partial charge >= 0.3 is 18.2 Å². The van der Waals surface area contributed by atoms with Crippen molar-refractivity contribution in [3.05, 3.63) is 0 Å². The van der Waals surface area contributed by atoms with Crippen molar-refractivity contribution in [3.8, 4) is 0 Å². The topological polar surface area (TPSA) is 87.7 Å². The van der Waals surface area contributed by atoms with E-state index in [0.29, 0.717) is 0 Å². The quantitative estimate of drug-likeness (QED) is 0.571. The predicted molar refractivity (Wildman–Crippen MR) is 45.9 cm³/mol. The summed E-state index contributed by atoms with van der Waals surface area (Å²) < 4.78 is 38.9. The molecule has 94 valence electrons. The Bertz CT molecular complexity index is 244. The van der Waals surface area contributed by atoms with Gasteiger partial charge in [-0.1, -0.05) is 0 Å². The Morgan fingerprint density at radius 2 is 1.88 bits per heavy atom. The molecule has 0 aromatic rings. The van der Waals surface area contributed by atoms with Crippen LogP contribution in [0, 0.1) is 0 Å². The first-order valence-electron chi connectivity index (χ1n) is 4.19. The van der Waals surface area contributed by atoms with Crippen LogP contribution in [0.15, 0.2) is 0 Å². The van der Waals surface area contributed by atoms with E-state index in [2.05, 4.69) is 10.1 Å². The van der Waals surface area contributed by atoms with Gasteiger partial charge in [-0.3, -0.25) is 4.79 Å². The number of carbonyl (C=O) groups is 2. The van der Waals surface area contributed by atoms with E-state index in [1.54, 1.807) is 0 Å². The fourth-order valence-electron chi connectivity index (χ4n) is 0.643. The molecule has 0 aliphatic carbocycles. The number of alkyl halides is 3. The summed E-state index contributed by atoms with van der Waals surface area (Å²) >= 11 is 0. The van der Waals surface area contributed by atoms with Gasteiger partial charge in [-0.25, -0.2) is 4.79 Å². The average molecular weight is 244 g/mol. The number of carboxylic acid groups (broad SMARTS) is 1. The molecule has 0 bridgehead atoms. The first-order chi connectivity index (χ1) is 7.31. The first-order valence-corrected chi connectivity index (χ1v) is 4.19. The normalized spacial score (nSPS) is 10.9. The molecule has 0 saturated heterocycles. The minimum atomic E-state index is -4.40. The molecule has 0 aliphatic heterocycles. The Hall–Kier alpha value is -1.51. The lowest BCUT2D eigenvalue weighted by molar-refractivity contribution is -0.173. The van der Waals surface area contributed by atoms with Crippen LogP contribution in [0.1, 0.15) is 0 Å². The maximum atomic E-state index is 11.6. The highest BCUT2D eigenvalue weighted by Crippen LogP contribution is 2.13. The number of aliphatic carboxylic acids is 1. The van der Waals surface area contributed by atoms with E-state index < -0.39 is 31.3 Å². The zero-order chi connectivity index (χ0) is 12.6. The van der Waals surface area contributed by atoms with Crippen LogP contribution in [0.5, 0.6) is 0 Å². The van der Waals surface area contributed by atoms with Crippen molar-refractivity contribution in [1.82, 2.24) is 10.6 Å². The van der Waals surface area contributed by atoms with Gasteiger partial charge in [-0.05, 0) is 0 Å². The molecule has 6 nitrogen and oxygen atoms in total. The fourth-order valence-corrected chi connectivity index (χ4v) is 0.643. The molecule has 0 radical (unpaired) electrons. The number of amides is 2. The second-order valence-electron chi connectivity index (χ2n) is 2.67. The van der Waals surface area contributed by atoms with E-state index in [1.807, 2.05) is 5.32 Å². The van der Waals surface area contributed by atoms with E-state index in [0.717, 1.165) is 0 Å². The molecule has 0 aliphatic rings. The number of urea groups is 1. The van der Waals surface area contributed by atoms with Gasteiger partial charge < -0.3 is 20.5 Å². The van der Waals surface area contributed by atoms with Gasteiger partial charge in [-0.2, -0.15) is 13.2 Å². The van der Waals surface area contributed by atoms with Gasteiger partial charge in [0.05, 0.1) is 6.61 Å². The average Bonchev–Trinajstić information content (AvgIpc) is 2.12. The molecule has 0 aromatic heterocycles. The largest absolute Gasteiger partial charge is 0.480 e. The van der Waals surface area contributed by atoms with E-state index in [-0.39, 0.29) is 13.2 Å². The van der Waals surface area contributed by atoms with Gasteiger partial charge in [0.2, 0.25) is 0 Å². The fraction of sp³-hybridized carbons (Fsp3) is 0.714. The molecule has 0 saturated carbocycles. The van der Waals surface area contributed by atoms with Crippen molar-refractivity contribution in [2.75, 3.05) is 26.3 Å². The molecule has 0 aromatic carbocycles. The van der Waals surface area contributed by atoms with Crippen LogP contribution < -0.4 is 10.6 Å². The Kier molecular flexibility index (Phi) is 6.23. The van der Waals surface area contributed by atoms with E-state index in [1.165, 1.54) is 0 Å². The minimum Gasteiger partial charge on any atom is -0.480 e. The number of rotatable bonds is 6. The van der Waals surface area contributed by atoms with Crippen LogP contribution >= 0.6 is 0 Å². The van der Waals surface area contributed by atoms with Gasteiger partial charge in [0.15, 0.2) is 0 Å². The molecule has 0 fully saturated rings. The maximum Gasteiger partial charge on any atom is 0.411 e. The van der Waals surface area contributed by atoms with Crippen molar-refractivity contribution in [3.63, 3.8) is 0 Å². The summed E-state index contributed by atoms with van der Waals surface area (Å²) in [6.45, 7) is -2.39. The van der Waals surface area contributed by atoms with Crippen molar-refractivity contribution >= 4 is 12.0 Å². The van der Waals surface area contributed by atoms with Gasteiger partial charge in [-0.15, -0.1) is 0 Å². The number of ether oxygens (including phenoxy) is 1. The molecule has 0 heterocycles. The van der Waals surface area contributed by atoms with Crippen LogP contribution in [0.3, 0.4) is 0 Å². The van der Waals surface area contributed by atoms with Crippen molar-refractivity contribution in [1.29, 1.82) is 0 Å². The molecule has 0 unspecified atom stereocenters. The molecular weight excluding hydrogens is 233 g/mol. The summed E-state index contributed by atoms with van der Waals surface area (Å²) in [6, 6.07) is -0.780. The standard InChI is InChI=1S/C7H11F3N2O4/c8-7(9,10)4-16-2-1-11-6(15)12-3-5(13)14/h1-4H2,(H,13,14)(H2,11,12,15). The highest BCUT2D eigenvalue weighted by Gasteiger charge is 2.27. The highest BCUT2D eigenvalue weighted by molar-refractivity contribution is 5.79. The van der Waals surface area contributed by atoms with Crippen LogP contribution in [0.2, 0.25) is 0 Å². The van der Waals surface area contributed by atoms with E-state index in [4.69, 9.17) is 5.11 Å². The molecule has 0 spiro atoms. The summed E-state index contributed by atoms with van der Waals surface area (Å²) in [5.74, 6) is -1.22. The number of hydrogen-bond donors (Lipinski definition) is 3. The Morgan fingerprint density at radius 1 is 1.25 bits per heavy atom. The lowest BCUT2D eigenvalue weighted by Crippen LogP contribution is -2.40. The molecule has 3 N–H and O–H groups in total. The third-order valence-electron chi connectivity index (χ3n) is 1.20. The maximum absolute atomic E-state index is 11.6. The molecular formula is C7H11F3N2O4. The van der Waals surface area contributed by atoms with Crippen LogP contribution in [-0.2, 0) is 9.53 Å². The summed E-state index contributed by atoms with van der Waals surface area (Å²) in [5, 5.41) is 12.2. The van der Waals surface area contributed by atoms with Crippen molar-refractivity contribution < 1.29 is 32.6 Å². The smallest absolute Gasteiger partial charge is 0.411 e. The number of carboxylic acids is 1. The second-order valence-corrected chi connectivity index (χ2v) is 2.67. The third kappa shape index (κ3) is 10.6. The molecule has 16 heavy (non-hydrogen) atoms. The van der Waals surface area contributed by atoms with Crippen LogP contribution in [0.25, 0.3) is 0 Å². The van der Waals surface area contributed by atoms with Gasteiger partial charge in [0, 0.05) is 6.54 Å². The summed E-state index contributed by atoms with van der Waals surface area (Å²) in [5.41, 5.74) is 0. The van der Waals surface area contributed by atoms with Crippen molar-refractivity contribution in [2.45, 2.75) is 6.18 Å².